The Labute approximate surface area is 174 Å². The summed E-state index contributed by atoms with van der Waals surface area (Å²) in [5.74, 6) is -0.271. The van der Waals surface area contributed by atoms with Gasteiger partial charge in [-0.05, 0) is 25.0 Å². The van der Waals surface area contributed by atoms with Gasteiger partial charge in [0.15, 0.2) is 5.78 Å². The number of benzene rings is 3. The van der Waals surface area contributed by atoms with Crippen molar-refractivity contribution < 1.29 is 14.6 Å². The molecule has 29 heavy (non-hydrogen) atoms. The summed E-state index contributed by atoms with van der Waals surface area (Å²) in [7, 11) is 0. The van der Waals surface area contributed by atoms with Crippen molar-refractivity contribution in [2.45, 2.75) is 20.0 Å². The highest BCUT2D eigenvalue weighted by atomic mass is 16.5. The van der Waals surface area contributed by atoms with E-state index in [0.29, 0.717) is 11.1 Å². The molecule has 0 aliphatic carbocycles. The van der Waals surface area contributed by atoms with Crippen LogP contribution in [0.25, 0.3) is 6.08 Å². The monoisotopic (exact) mass is 390 g/mol. The molecular weight excluding hydrogens is 360 g/mol. The van der Waals surface area contributed by atoms with Gasteiger partial charge >= 0.3 is 0 Å². The topological polar surface area (TPSA) is 46.5 Å². The number of Topliss-reactive ketones (excluding diaryl/α,β-unsaturated/α-hetero) is 1. The quantitative estimate of drug-likeness (QED) is 0.527. The number of carbonyl (C=O) groups excluding carboxylic acids is 1. The Morgan fingerprint density at radius 2 is 1.31 bits per heavy atom. The van der Waals surface area contributed by atoms with Crippen molar-refractivity contribution in [3.05, 3.63) is 114 Å². The summed E-state index contributed by atoms with van der Waals surface area (Å²) in [6, 6.07) is 27.8. The molecule has 0 fully saturated rings. The van der Waals surface area contributed by atoms with Gasteiger partial charge in [0.1, 0.15) is 6.10 Å². The van der Waals surface area contributed by atoms with Crippen molar-refractivity contribution in [2.24, 2.45) is 0 Å². The van der Waals surface area contributed by atoms with Crippen LogP contribution in [-0.4, -0.2) is 24.1 Å². The number of aliphatic hydroxyl groups is 1. The maximum Gasteiger partial charge on any atom is 0.195 e. The number of hydrogen-bond acceptors (Lipinski definition) is 3. The first kappa shape index (κ1) is 24.0. The zero-order chi connectivity index (χ0) is 21.3. The number of rotatable bonds is 6. The van der Waals surface area contributed by atoms with Crippen molar-refractivity contribution in [3.8, 4) is 0 Å². The van der Waals surface area contributed by atoms with Crippen LogP contribution in [0.2, 0.25) is 0 Å². The van der Waals surface area contributed by atoms with Gasteiger partial charge < -0.3 is 9.84 Å². The molecule has 0 saturated heterocycles. The molecule has 0 spiro atoms. The van der Waals surface area contributed by atoms with E-state index in [1.807, 2.05) is 62.4 Å². The average Bonchev–Trinajstić information content (AvgIpc) is 2.81. The molecule has 0 heterocycles. The third-order valence-electron chi connectivity index (χ3n) is 3.87. The first-order valence-electron chi connectivity index (χ1n) is 9.71. The molecule has 0 aliphatic rings. The molecule has 0 bridgehead atoms. The van der Waals surface area contributed by atoms with E-state index in [1.165, 1.54) is 5.56 Å². The molecule has 3 aromatic carbocycles. The standard InChI is InChI=1S/C14H12O2.C8H8.C4H10O/c15-13(11-7-3-1-4-8-11)14(16)12-9-5-2-6-10-12;1-2-8-6-4-3-5-7-8;1-3-5-4-2/h1-10,13,15H;2-7H,1H2;3-4H2,1-2H3. The van der Waals surface area contributed by atoms with Gasteiger partial charge in [0, 0.05) is 18.8 Å². The van der Waals surface area contributed by atoms with Crippen LogP contribution in [0.4, 0.5) is 0 Å². The highest BCUT2D eigenvalue weighted by Crippen LogP contribution is 2.17. The van der Waals surface area contributed by atoms with Crippen molar-refractivity contribution in [1.29, 1.82) is 0 Å². The highest BCUT2D eigenvalue weighted by molar-refractivity contribution is 5.99. The predicted molar refractivity (Wildman–Crippen MR) is 121 cm³/mol. The van der Waals surface area contributed by atoms with Crippen LogP contribution < -0.4 is 0 Å². The fraction of sp³-hybridized carbons (Fsp3) is 0.192. The Bertz CT molecular complexity index is 797. The summed E-state index contributed by atoms with van der Waals surface area (Å²) >= 11 is 0. The number of ketones is 1. The maximum atomic E-state index is 11.9. The van der Waals surface area contributed by atoms with Crippen LogP contribution in [0.1, 0.15) is 41.4 Å². The van der Waals surface area contributed by atoms with Crippen molar-refractivity contribution in [3.63, 3.8) is 0 Å². The van der Waals surface area contributed by atoms with Gasteiger partial charge in [0.25, 0.3) is 0 Å². The second-order valence-corrected chi connectivity index (χ2v) is 5.94. The second kappa shape index (κ2) is 15.0. The van der Waals surface area contributed by atoms with E-state index in [-0.39, 0.29) is 5.78 Å². The molecule has 0 aliphatic heterocycles. The largest absolute Gasteiger partial charge is 0.382 e. The van der Waals surface area contributed by atoms with E-state index in [1.54, 1.807) is 48.5 Å². The first-order valence-corrected chi connectivity index (χ1v) is 9.71. The number of aliphatic hydroxyl groups excluding tert-OH is 1. The molecule has 3 nitrogen and oxygen atoms in total. The van der Waals surface area contributed by atoms with E-state index >= 15 is 0 Å². The predicted octanol–water partition coefficient (Wildman–Crippen LogP) is 5.98. The molecule has 0 saturated carbocycles. The summed E-state index contributed by atoms with van der Waals surface area (Å²) in [6.45, 7) is 9.30. The minimum Gasteiger partial charge on any atom is -0.382 e. The normalized spacial score (nSPS) is 10.4. The lowest BCUT2D eigenvalue weighted by Gasteiger charge is -2.09. The molecular formula is C26H30O3. The Morgan fingerprint density at radius 3 is 1.69 bits per heavy atom. The average molecular weight is 391 g/mol. The number of ether oxygens (including phenoxy) is 1. The lowest BCUT2D eigenvalue weighted by Crippen LogP contribution is -2.11. The maximum absolute atomic E-state index is 11.9. The molecule has 0 radical (unpaired) electrons. The smallest absolute Gasteiger partial charge is 0.195 e. The third-order valence-corrected chi connectivity index (χ3v) is 3.87. The number of hydrogen-bond donors (Lipinski definition) is 1. The summed E-state index contributed by atoms with van der Waals surface area (Å²) in [5.41, 5.74) is 2.32. The van der Waals surface area contributed by atoms with Gasteiger partial charge in [0.05, 0.1) is 0 Å². The molecule has 1 N–H and O–H groups in total. The van der Waals surface area contributed by atoms with E-state index in [4.69, 9.17) is 4.74 Å². The van der Waals surface area contributed by atoms with Gasteiger partial charge in [0.2, 0.25) is 0 Å². The van der Waals surface area contributed by atoms with Gasteiger partial charge in [-0.2, -0.15) is 0 Å². The Hall–Kier alpha value is -3.01. The molecule has 1 atom stereocenters. The fourth-order valence-corrected chi connectivity index (χ4v) is 2.34. The lowest BCUT2D eigenvalue weighted by molar-refractivity contribution is 0.0747. The van der Waals surface area contributed by atoms with Crippen LogP contribution in [0.15, 0.2) is 97.6 Å². The van der Waals surface area contributed by atoms with Crippen LogP contribution in [0, 0.1) is 0 Å². The minimum atomic E-state index is -1.08. The summed E-state index contributed by atoms with van der Waals surface area (Å²) in [4.78, 5) is 11.9. The first-order chi connectivity index (χ1) is 14.1. The Balaban J connectivity index is 0.000000269. The second-order valence-electron chi connectivity index (χ2n) is 5.94. The van der Waals surface area contributed by atoms with E-state index < -0.39 is 6.10 Å². The molecule has 0 aromatic heterocycles. The summed E-state index contributed by atoms with van der Waals surface area (Å²) in [6.07, 6.45) is 0.753. The van der Waals surface area contributed by atoms with E-state index in [2.05, 4.69) is 6.58 Å². The Kier molecular flexibility index (Phi) is 12.4. The molecule has 3 rings (SSSR count). The fourth-order valence-electron chi connectivity index (χ4n) is 2.34. The van der Waals surface area contributed by atoms with Crippen LogP contribution in [0.5, 0.6) is 0 Å². The zero-order valence-electron chi connectivity index (χ0n) is 17.2. The third kappa shape index (κ3) is 9.65. The molecule has 3 aromatic rings. The van der Waals surface area contributed by atoms with Crippen molar-refractivity contribution in [2.75, 3.05) is 13.2 Å². The minimum absolute atomic E-state index is 0.271. The lowest BCUT2D eigenvalue weighted by atomic mass is 10.0. The van der Waals surface area contributed by atoms with Crippen LogP contribution >= 0.6 is 0 Å². The molecule has 3 heteroatoms. The van der Waals surface area contributed by atoms with Crippen LogP contribution in [-0.2, 0) is 4.74 Å². The summed E-state index contributed by atoms with van der Waals surface area (Å²) in [5, 5.41) is 9.89. The Morgan fingerprint density at radius 1 is 0.862 bits per heavy atom. The van der Waals surface area contributed by atoms with E-state index in [0.717, 1.165) is 13.2 Å². The van der Waals surface area contributed by atoms with Gasteiger partial charge in [-0.25, -0.2) is 0 Å². The van der Waals surface area contributed by atoms with Gasteiger partial charge in [-0.15, -0.1) is 0 Å². The highest BCUT2D eigenvalue weighted by Gasteiger charge is 2.18. The van der Waals surface area contributed by atoms with E-state index in [9.17, 15) is 9.90 Å². The summed E-state index contributed by atoms with van der Waals surface area (Å²) < 4.78 is 4.83. The van der Waals surface area contributed by atoms with Crippen molar-refractivity contribution >= 4 is 11.9 Å². The SMILES string of the molecule is C=Cc1ccccc1.CCOCC.O=C(c1ccccc1)C(O)c1ccccc1. The van der Waals surface area contributed by atoms with Gasteiger partial charge in [-0.1, -0.05) is 104 Å². The zero-order valence-corrected chi connectivity index (χ0v) is 17.2. The number of carbonyl (C=O) groups is 1. The molecule has 1 unspecified atom stereocenters. The molecule has 152 valence electrons. The van der Waals surface area contributed by atoms with Gasteiger partial charge in [-0.3, -0.25) is 4.79 Å². The van der Waals surface area contributed by atoms with Crippen LogP contribution in [0.3, 0.4) is 0 Å². The van der Waals surface area contributed by atoms with Crippen molar-refractivity contribution in [1.82, 2.24) is 0 Å². The molecule has 0 amide bonds.